The van der Waals surface area contributed by atoms with Crippen molar-refractivity contribution in [2.75, 3.05) is 6.26 Å². The highest BCUT2D eigenvalue weighted by Gasteiger charge is 2.33. The average molecular weight is 295 g/mol. The van der Waals surface area contributed by atoms with Crippen LogP contribution in [0.1, 0.15) is 47.4 Å². The molecule has 1 aliphatic rings. The molecule has 0 aliphatic heterocycles. The molecule has 1 aliphatic carbocycles. The minimum absolute atomic E-state index is 0.0448. The summed E-state index contributed by atoms with van der Waals surface area (Å²) in [4.78, 5) is 16.9. The Hall–Kier alpha value is -1.23. The van der Waals surface area contributed by atoms with E-state index in [0.717, 1.165) is 24.2 Å². The fourth-order valence-electron chi connectivity index (χ4n) is 2.94. The molecular formula is C15H21NO3S. The molecule has 1 heterocycles. The number of aromatic nitrogens is 1. The smallest absolute Gasteiger partial charge is 0.167 e. The van der Waals surface area contributed by atoms with E-state index in [-0.39, 0.29) is 17.0 Å². The van der Waals surface area contributed by atoms with Crippen LogP contribution < -0.4 is 0 Å². The van der Waals surface area contributed by atoms with Gasteiger partial charge in [0.25, 0.3) is 0 Å². The van der Waals surface area contributed by atoms with Gasteiger partial charge in [-0.15, -0.1) is 0 Å². The molecule has 0 bridgehead atoms. The first kappa shape index (κ1) is 15.2. The highest BCUT2D eigenvalue weighted by molar-refractivity contribution is 7.91. The second-order valence-electron chi connectivity index (χ2n) is 5.76. The molecule has 0 spiro atoms. The third-order valence-corrected chi connectivity index (χ3v) is 5.73. The Kier molecular flexibility index (Phi) is 4.28. The lowest BCUT2D eigenvalue weighted by atomic mass is 9.83. The van der Waals surface area contributed by atoms with E-state index in [9.17, 15) is 13.2 Å². The summed E-state index contributed by atoms with van der Waals surface area (Å²) < 4.78 is 23.4. The first-order valence-corrected chi connectivity index (χ1v) is 8.92. The van der Waals surface area contributed by atoms with E-state index in [0.29, 0.717) is 18.4 Å². The summed E-state index contributed by atoms with van der Waals surface area (Å²) in [5.74, 6) is -0.143. The number of nitrogens with zero attached hydrogens (tertiary/aromatic N) is 1. The molecule has 0 N–H and O–H groups in total. The van der Waals surface area contributed by atoms with Crippen molar-refractivity contribution in [1.29, 1.82) is 0 Å². The zero-order chi connectivity index (χ0) is 14.9. The van der Waals surface area contributed by atoms with Gasteiger partial charge in [0.05, 0.1) is 5.25 Å². The summed E-state index contributed by atoms with van der Waals surface area (Å²) in [6.45, 7) is 3.72. The van der Waals surface area contributed by atoms with Crippen LogP contribution in [0.4, 0.5) is 0 Å². The third kappa shape index (κ3) is 3.26. The van der Waals surface area contributed by atoms with Crippen molar-refractivity contribution >= 4 is 15.6 Å². The van der Waals surface area contributed by atoms with Crippen LogP contribution in [-0.4, -0.2) is 30.7 Å². The summed E-state index contributed by atoms with van der Waals surface area (Å²) >= 11 is 0. The van der Waals surface area contributed by atoms with E-state index in [4.69, 9.17) is 0 Å². The number of hydrogen-bond donors (Lipinski definition) is 0. The van der Waals surface area contributed by atoms with Crippen LogP contribution in [0.3, 0.4) is 0 Å². The van der Waals surface area contributed by atoms with Crippen LogP contribution in [-0.2, 0) is 9.84 Å². The normalized spacial score (nSPS) is 23.6. The van der Waals surface area contributed by atoms with Gasteiger partial charge >= 0.3 is 0 Å². The van der Waals surface area contributed by atoms with Crippen LogP contribution in [0.5, 0.6) is 0 Å². The summed E-state index contributed by atoms with van der Waals surface area (Å²) in [5, 5.41) is -0.371. The molecule has 4 nitrogen and oxygen atoms in total. The summed E-state index contributed by atoms with van der Waals surface area (Å²) in [7, 11) is -3.06. The molecule has 110 valence electrons. The maximum absolute atomic E-state index is 12.6. The highest BCUT2D eigenvalue weighted by atomic mass is 32.2. The van der Waals surface area contributed by atoms with Gasteiger partial charge in [-0.25, -0.2) is 8.42 Å². The van der Waals surface area contributed by atoms with Crippen molar-refractivity contribution < 1.29 is 13.2 Å². The number of pyridine rings is 1. The van der Waals surface area contributed by atoms with E-state index < -0.39 is 9.84 Å². The molecule has 0 amide bonds. The second-order valence-corrected chi connectivity index (χ2v) is 8.09. The van der Waals surface area contributed by atoms with Crippen molar-refractivity contribution in [3.8, 4) is 0 Å². The molecule has 2 atom stereocenters. The van der Waals surface area contributed by atoms with Gasteiger partial charge < -0.3 is 0 Å². The van der Waals surface area contributed by atoms with E-state index in [2.05, 4.69) is 4.98 Å². The minimum atomic E-state index is -3.06. The monoisotopic (exact) mass is 295 g/mol. The lowest BCUT2D eigenvalue weighted by Crippen LogP contribution is -2.31. The van der Waals surface area contributed by atoms with E-state index in [1.54, 1.807) is 0 Å². The molecule has 0 aromatic carbocycles. The summed E-state index contributed by atoms with van der Waals surface area (Å²) in [5.41, 5.74) is 2.25. The van der Waals surface area contributed by atoms with Crippen LogP contribution in [0.15, 0.2) is 12.1 Å². The molecule has 1 fully saturated rings. The summed E-state index contributed by atoms with van der Waals surface area (Å²) in [6, 6.07) is 3.64. The molecular weight excluding hydrogens is 274 g/mol. The Labute approximate surface area is 120 Å². The number of sulfone groups is 1. The number of ketones is 1. The molecule has 2 unspecified atom stereocenters. The number of carbonyl (C=O) groups excluding carboxylic acids is 1. The predicted octanol–water partition coefficient (Wildman–Crippen LogP) is 2.48. The number of carbonyl (C=O) groups is 1. The molecule has 0 saturated heterocycles. The van der Waals surface area contributed by atoms with Crippen molar-refractivity contribution in [3.63, 3.8) is 0 Å². The minimum Gasteiger partial charge on any atom is -0.294 e. The Balaban J connectivity index is 2.21. The topological polar surface area (TPSA) is 64.1 Å². The molecule has 20 heavy (non-hydrogen) atoms. The third-order valence-electron chi connectivity index (χ3n) is 4.09. The van der Waals surface area contributed by atoms with Gasteiger partial charge in [-0.2, -0.15) is 0 Å². The lowest BCUT2D eigenvalue weighted by molar-refractivity contribution is 0.0890. The van der Waals surface area contributed by atoms with Crippen molar-refractivity contribution in [3.05, 3.63) is 29.1 Å². The molecule has 1 aromatic heterocycles. The fraction of sp³-hybridized carbons (Fsp3) is 0.600. The van der Waals surface area contributed by atoms with Gasteiger partial charge in [-0.3, -0.25) is 9.78 Å². The van der Waals surface area contributed by atoms with Gasteiger partial charge in [0, 0.05) is 29.1 Å². The Morgan fingerprint density at radius 2 is 1.95 bits per heavy atom. The summed E-state index contributed by atoms with van der Waals surface area (Å²) in [6.07, 6.45) is 3.96. The number of Topliss-reactive ketones (excluding diaryl/α,β-unsaturated/α-hetero) is 1. The van der Waals surface area contributed by atoms with Crippen LogP contribution in [0.2, 0.25) is 0 Å². The zero-order valence-electron chi connectivity index (χ0n) is 12.2. The van der Waals surface area contributed by atoms with Gasteiger partial charge in [-0.1, -0.05) is 6.42 Å². The quantitative estimate of drug-likeness (QED) is 0.804. The molecule has 1 aromatic rings. The van der Waals surface area contributed by atoms with Crippen molar-refractivity contribution in [2.45, 2.75) is 44.8 Å². The second kappa shape index (κ2) is 5.64. The molecule has 2 rings (SSSR count). The molecule has 1 saturated carbocycles. The maximum atomic E-state index is 12.6. The SMILES string of the molecule is Cc1ccc(C(=O)C2CCCC(S(C)(=O)=O)C2)c(C)n1. The fourth-order valence-corrected chi connectivity index (χ4v) is 4.12. The van der Waals surface area contributed by atoms with Crippen LogP contribution in [0, 0.1) is 19.8 Å². The van der Waals surface area contributed by atoms with Gasteiger partial charge in [0.1, 0.15) is 9.84 Å². The first-order chi connectivity index (χ1) is 9.29. The standard InChI is InChI=1S/C15H21NO3S/c1-10-7-8-14(11(2)16-10)15(17)12-5-4-6-13(9-12)20(3,18)19/h7-8,12-13H,4-6,9H2,1-3H3. The van der Waals surface area contributed by atoms with Gasteiger partial charge in [0.15, 0.2) is 5.78 Å². The Bertz CT molecular complexity index is 622. The molecule has 0 radical (unpaired) electrons. The Morgan fingerprint density at radius 3 is 2.55 bits per heavy atom. The average Bonchev–Trinajstić information content (AvgIpc) is 2.37. The number of rotatable bonds is 3. The van der Waals surface area contributed by atoms with Crippen molar-refractivity contribution in [1.82, 2.24) is 4.98 Å². The predicted molar refractivity (Wildman–Crippen MR) is 78.6 cm³/mol. The van der Waals surface area contributed by atoms with E-state index in [1.165, 1.54) is 6.26 Å². The van der Waals surface area contributed by atoms with E-state index >= 15 is 0 Å². The zero-order valence-corrected chi connectivity index (χ0v) is 13.0. The maximum Gasteiger partial charge on any atom is 0.167 e. The van der Waals surface area contributed by atoms with Crippen LogP contribution in [0.25, 0.3) is 0 Å². The molecule has 5 heteroatoms. The van der Waals surface area contributed by atoms with Gasteiger partial charge in [-0.05, 0) is 45.2 Å². The van der Waals surface area contributed by atoms with Gasteiger partial charge in [0.2, 0.25) is 0 Å². The van der Waals surface area contributed by atoms with E-state index in [1.807, 2.05) is 26.0 Å². The Morgan fingerprint density at radius 1 is 1.25 bits per heavy atom. The first-order valence-electron chi connectivity index (χ1n) is 6.96. The number of hydrogen-bond acceptors (Lipinski definition) is 4. The highest BCUT2D eigenvalue weighted by Crippen LogP contribution is 2.31. The number of aryl methyl sites for hydroxylation is 2. The largest absolute Gasteiger partial charge is 0.294 e. The lowest BCUT2D eigenvalue weighted by Gasteiger charge is -2.27. The van der Waals surface area contributed by atoms with Crippen LogP contribution >= 0.6 is 0 Å². The van der Waals surface area contributed by atoms with Crippen molar-refractivity contribution in [2.24, 2.45) is 5.92 Å².